The van der Waals surface area contributed by atoms with Crippen LogP contribution in [0.5, 0.6) is 11.5 Å². The average Bonchev–Trinajstić information content (AvgIpc) is 2.80. The molecule has 0 atom stereocenters. The van der Waals surface area contributed by atoms with E-state index in [2.05, 4.69) is 4.90 Å². The van der Waals surface area contributed by atoms with Gasteiger partial charge in [-0.05, 0) is 53.1 Å². The Hall–Kier alpha value is -3.28. The molecule has 0 saturated heterocycles. The predicted molar refractivity (Wildman–Crippen MR) is 121 cm³/mol. The molecule has 5 nitrogen and oxygen atoms in total. The summed E-state index contributed by atoms with van der Waals surface area (Å²) in [6.07, 6.45) is 0. The van der Waals surface area contributed by atoms with E-state index in [4.69, 9.17) is 25.5 Å². The number of hydrogen-bond acceptors (Lipinski definition) is 5. The molecule has 1 aliphatic heterocycles. The van der Waals surface area contributed by atoms with Crippen molar-refractivity contribution in [3.05, 3.63) is 93.3 Å². The van der Waals surface area contributed by atoms with Gasteiger partial charge in [-0.15, -0.1) is 0 Å². The van der Waals surface area contributed by atoms with Crippen molar-refractivity contribution in [2.24, 2.45) is 0 Å². The Bertz CT molecular complexity index is 1300. The van der Waals surface area contributed by atoms with Crippen molar-refractivity contribution in [1.29, 1.82) is 0 Å². The van der Waals surface area contributed by atoms with Crippen molar-refractivity contribution in [2.75, 3.05) is 13.8 Å². The van der Waals surface area contributed by atoms with Crippen LogP contribution in [0.15, 0.2) is 75.9 Å². The molecule has 31 heavy (non-hydrogen) atoms. The van der Waals surface area contributed by atoms with E-state index in [0.29, 0.717) is 30.4 Å². The van der Waals surface area contributed by atoms with Gasteiger partial charge in [-0.1, -0.05) is 35.9 Å². The lowest BCUT2D eigenvalue weighted by molar-refractivity contribution is 0.0890. The highest BCUT2D eigenvalue weighted by Crippen LogP contribution is 2.36. The first-order chi connectivity index (χ1) is 15.1. The molecule has 2 heterocycles. The van der Waals surface area contributed by atoms with Gasteiger partial charge >= 0.3 is 5.63 Å². The maximum absolute atomic E-state index is 12.4. The van der Waals surface area contributed by atoms with Gasteiger partial charge in [0, 0.05) is 29.6 Å². The number of ether oxygens (including phenoxy) is 2. The predicted octanol–water partition coefficient (Wildman–Crippen LogP) is 5.47. The summed E-state index contributed by atoms with van der Waals surface area (Å²) >= 11 is 6.00. The molecule has 0 N–H and O–H groups in total. The average molecular weight is 434 g/mol. The molecule has 6 heteroatoms. The topological polar surface area (TPSA) is 51.9 Å². The minimum absolute atomic E-state index is 0.387. The quantitative estimate of drug-likeness (QED) is 0.399. The molecule has 0 radical (unpaired) electrons. The Morgan fingerprint density at radius 1 is 1.03 bits per heavy atom. The minimum Gasteiger partial charge on any atom is -0.497 e. The second kappa shape index (κ2) is 8.10. The van der Waals surface area contributed by atoms with Crippen LogP contribution >= 0.6 is 11.6 Å². The molecule has 0 unspecified atom stereocenters. The lowest BCUT2D eigenvalue weighted by atomic mass is 9.99. The summed E-state index contributed by atoms with van der Waals surface area (Å²) < 4.78 is 16.9. The number of halogens is 1. The first kappa shape index (κ1) is 19.7. The smallest absolute Gasteiger partial charge is 0.336 e. The van der Waals surface area contributed by atoms with Crippen LogP contribution in [0.25, 0.3) is 22.1 Å². The fourth-order valence-corrected chi connectivity index (χ4v) is 4.06. The van der Waals surface area contributed by atoms with Gasteiger partial charge in [0.2, 0.25) is 0 Å². The normalized spacial score (nSPS) is 13.6. The Morgan fingerprint density at radius 3 is 2.55 bits per heavy atom. The molecule has 0 fully saturated rings. The van der Waals surface area contributed by atoms with E-state index in [9.17, 15) is 4.79 Å². The number of methoxy groups -OCH3 is 1. The van der Waals surface area contributed by atoms with Crippen LogP contribution in [-0.4, -0.2) is 18.7 Å². The molecule has 3 aromatic carbocycles. The Morgan fingerprint density at radius 2 is 1.81 bits per heavy atom. The fraction of sp³-hybridized carbons (Fsp3) is 0.160. The number of nitrogens with zero attached hydrogens (tertiary/aromatic N) is 1. The standard InChI is InChI=1S/C25H20ClNO4/c1-29-19-8-4-17(5-9-19)21-12-24(28)31-25-20(21)10-11-23-22(25)14-27(15-30-23)13-16-2-6-18(26)7-3-16/h2-12H,13-15H2,1H3. The summed E-state index contributed by atoms with van der Waals surface area (Å²) in [6, 6.07) is 20.8. The van der Waals surface area contributed by atoms with Crippen LogP contribution < -0.4 is 15.1 Å². The van der Waals surface area contributed by atoms with E-state index in [1.54, 1.807) is 7.11 Å². The molecular formula is C25H20ClNO4. The third kappa shape index (κ3) is 3.90. The van der Waals surface area contributed by atoms with E-state index >= 15 is 0 Å². The van der Waals surface area contributed by atoms with Gasteiger partial charge in [0.25, 0.3) is 0 Å². The largest absolute Gasteiger partial charge is 0.497 e. The molecule has 0 amide bonds. The van der Waals surface area contributed by atoms with Crippen LogP contribution in [0.1, 0.15) is 11.1 Å². The molecule has 5 rings (SSSR count). The maximum atomic E-state index is 12.4. The number of hydrogen-bond donors (Lipinski definition) is 0. The summed E-state index contributed by atoms with van der Waals surface area (Å²) in [6.45, 7) is 1.78. The van der Waals surface area contributed by atoms with Gasteiger partial charge < -0.3 is 13.9 Å². The molecule has 1 aliphatic rings. The minimum atomic E-state index is -0.387. The number of rotatable bonds is 4. The highest BCUT2D eigenvalue weighted by atomic mass is 35.5. The van der Waals surface area contributed by atoms with Crippen molar-refractivity contribution >= 4 is 22.6 Å². The molecule has 0 aliphatic carbocycles. The third-order valence-corrected chi connectivity index (χ3v) is 5.73. The Labute approximate surface area is 184 Å². The van der Waals surface area contributed by atoms with Crippen molar-refractivity contribution < 1.29 is 13.9 Å². The van der Waals surface area contributed by atoms with Gasteiger partial charge in [0.05, 0.1) is 12.7 Å². The highest BCUT2D eigenvalue weighted by molar-refractivity contribution is 6.30. The molecule has 156 valence electrons. The van der Waals surface area contributed by atoms with Crippen LogP contribution in [0.3, 0.4) is 0 Å². The zero-order valence-corrected chi connectivity index (χ0v) is 17.7. The van der Waals surface area contributed by atoms with E-state index in [-0.39, 0.29) is 5.63 Å². The number of benzene rings is 3. The van der Waals surface area contributed by atoms with Gasteiger partial charge in [-0.25, -0.2) is 4.79 Å². The van der Waals surface area contributed by atoms with E-state index in [1.807, 2.05) is 60.7 Å². The highest BCUT2D eigenvalue weighted by Gasteiger charge is 2.23. The lowest BCUT2D eigenvalue weighted by Gasteiger charge is -2.29. The third-order valence-electron chi connectivity index (χ3n) is 5.48. The summed E-state index contributed by atoms with van der Waals surface area (Å²) in [4.78, 5) is 14.6. The SMILES string of the molecule is COc1ccc(-c2cc(=O)oc3c4c(ccc23)OCN(Cc2ccc(Cl)cc2)C4)cc1. The maximum Gasteiger partial charge on any atom is 0.336 e. The molecular weight excluding hydrogens is 414 g/mol. The van der Waals surface area contributed by atoms with Crippen molar-refractivity contribution in [1.82, 2.24) is 4.90 Å². The molecule has 1 aromatic heterocycles. The van der Waals surface area contributed by atoms with Crippen LogP contribution in [0, 0.1) is 0 Å². The number of fused-ring (bicyclic) bond motifs is 3. The molecule has 4 aromatic rings. The van der Waals surface area contributed by atoms with Crippen molar-refractivity contribution in [3.8, 4) is 22.6 Å². The fourth-order valence-electron chi connectivity index (χ4n) is 3.94. The van der Waals surface area contributed by atoms with E-state index in [1.165, 1.54) is 6.07 Å². The lowest BCUT2D eigenvalue weighted by Crippen LogP contribution is -2.31. The van der Waals surface area contributed by atoms with Crippen LogP contribution in [0.2, 0.25) is 5.02 Å². The Kier molecular flexibility index (Phi) is 5.14. The van der Waals surface area contributed by atoms with Crippen LogP contribution in [0.4, 0.5) is 0 Å². The van der Waals surface area contributed by atoms with Crippen molar-refractivity contribution in [3.63, 3.8) is 0 Å². The zero-order valence-electron chi connectivity index (χ0n) is 16.9. The van der Waals surface area contributed by atoms with Crippen LogP contribution in [-0.2, 0) is 13.1 Å². The van der Waals surface area contributed by atoms with Gasteiger partial charge in [-0.3, -0.25) is 4.90 Å². The van der Waals surface area contributed by atoms with Gasteiger partial charge in [0.1, 0.15) is 23.8 Å². The Balaban J connectivity index is 1.54. The van der Waals surface area contributed by atoms with Gasteiger partial charge in [-0.2, -0.15) is 0 Å². The second-order valence-corrected chi connectivity index (χ2v) is 7.95. The van der Waals surface area contributed by atoms with Crippen molar-refractivity contribution in [2.45, 2.75) is 13.1 Å². The molecule has 0 spiro atoms. The first-order valence-electron chi connectivity index (χ1n) is 9.94. The summed E-state index contributed by atoms with van der Waals surface area (Å²) in [5, 5.41) is 1.59. The zero-order chi connectivity index (χ0) is 21.4. The summed E-state index contributed by atoms with van der Waals surface area (Å²) in [7, 11) is 1.63. The molecule has 0 bridgehead atoms. The van der Waals surface area contributed by atoms with E-state index in [0.717, 1.165) is 39.1 Å². The monoisotopic (exact) mass is 433 g/mol. The van der Waals surface area contributed by atoms with E-state index < -0.39 is 0 Å². The summed E-state index contributed by atoms with van der Waals surface area (Å²) in [5.41, 5.74) is 3.94. The van der Waals surface area contributed by atoms with Gasteiger partial charge in [0.15, 0.2) is 0 Å². The summed E-state index contributed by atoms with van der Waals surface area (Å²) in [5.74, 6) is 1.51. The molecule has 0 saturated carbocycles. The second-order valence-electron chi connectivity index (χ2n) is 7.51. The first-order valence-corrected chi connectivity index (χ1v) is 10.3.